The van der Waals surface area contributed by atoms with Gasteiger partial charge in [0.1, 0.15) is 5.76 Å². The van der Waals surface area contributed by atoms with Gasteiger partial charge in [-0.05, 0) is 31.0 Å². The Morgan fingerprint density at radius 1 is 1.18 bits per heavy atom. The summed E-state index contributed by atoms with van der Waals surface area (Å²) in [5, 5.41) is 5.58. The molecule has 0 radical (unpaired) electrons. The third-order valence-electron chi connectivity index (χ3n) is 5.81. The average Bonchev–Trinajstić information content (AvgIpc) is 3.42. The van der Waals surface area contributed by atoms with E-state index in [4.69, 9.17) is 9.15 Å². The number of carbonyl (C=O) groups is 2. The number of urea groups is 1. The highest BCUT2D eigenvalue weighted by atomic mass is 32.2. The number of furan rings is 1. The maximum Gasteiger partial charge on any atom is 0.338 e. The van der Waals surface area contributed by atoms with Gasteiger partial charge in [-0.25, -0.2) is 18.0 Å². The molecule has 2 aromatic rings. The van der Waals surface area contributed by atoms with Crippen molar-refractivity contribution in [3.05, 3.63) is 71.3 Å². The lowest BCUT2D eigenvalue weighted by molar-refractivity contribution is -0.139. The summed E-state index contributed by atoms with van der Waals surface area (Å²) in [5.41, 5.74) is 1.43. The van der Waals surface area contributed by atoms with Crippen LogP contribution in [0.3, 0.4) is 0 Å². The molecule has 4 rings (SSSR count). The predicted molar refractivity (Wildman–Crippen MR) is 121 cm³/mol. The van der Waals surface area contributed by atoms with Crippen LogP contribution in [0.15, 0.2) is 64.4 Å². The van der Waals surface area contributed by atoms with Crippen LogP contribution in [0.5, 0.6) is 0 Å². The van der Waals surface area contributed by atoms with Crippen LogP contribution in [-0.4, -0.2) is 56.0 Å². The normalized spacial score (nSPS) is 22.2. The summed E-state index contributed by atoms with van der Waals surface area (Å²) < 4.78 is 35.2. The fraction of sp³-hybridized carbons (Fsp3) is 0.391. The molecule has 9 nitrogen and oxygen atoms in total. The minimum absolute atomic E-state index is 0.0179. The van der Waals surface area contributed by atoms with Gasteiger partial charge in [0.15, 0.2) is 9.84 Å². The standard InChI is InChI=1S/C23H27N3O6S/c1-2-31-22(27)20-19(24-23(28)25-21(20)16-7-4-3-5-8-16)14-26(13-18-9-6-11-32-18)17-10-12-33(29,30)15-17/h3-9,11,17,21H,2,10,12-15H2,1H3,(H2,24,25,28)/t17-,21+/m1/s1. The van der Waals surface area contributed by atoms with Crippen molar-refractivity contribution in [2.75, 3.05) is 24.7 Å². The summed E-state index contributed by atoms with van der Waals surface area (Å²) in [5.74, 6) is 0.254. The second-order valence-corrected chi connectivity index (χ2v) is 10.3. The fourth-order valence-electron chi connectivity index (χ4n) is 4.27. The van der Waals surface area contributed by atoms with Crippen molar-refractivity contribution in [3.63, 3.8) is 0 Å². The molecule has 1 aromatic heterocycles. The van der Waals surface area contributed by atoms with Gasteiger partial charge in [0.05, 0.1) is 42.5 Å². The highest BCUT2D eigenvalue weighted by Crippen LogP contribution is 2.29. The molecule has 2 N–H and O–H groups in total. The minimum atomic E-state index is -3.14. The van der Waals surface area contributed by atoms with Crippen LogP contribution in [0.2, 0.25) is 0 Å². The zero-order valence-electron chi connectivity index (χ0n) is 18.3. The molecule has 2 aliphatic rings. The lowest BCUT2D eigenvalue weighted by atomic mass is 9.95. The van der Waals surface area contributed by atoms with Gasteiger partial charge in [0.2, 0.25) is 0 Å². The lowest BCUT2D eigenvalue weighted by Crippen LogP contribution is -2.49. The third-order valence-corrected chi connectivity index (χ3v) is 7.56. The predicted octanol–water partition coefficient (Wildman–Crippen LogP) is 2.14. The van der Waals surface area contributed by atoms with Gasteiger partial charge < -0.3 is 19.8 Å². The number of rotatable bonds is 8. The Morgan fingerprint density at radius 3 is 2.61 bits per heavy atom. The smallest absolute Gasteiger partial charge is 0.338 e. The Balaban J connectivity index is 1.73. The molecule has 2 aliphatic heterocycles. The molecule has 2 amide bonds. The average molecular weight is 474 g/mol. The molecule has 2 atom stereocenters. The van der Waals surface area contributed by atoms with E-state index >= 15 is 0 Å². The van der Waals surface area contributed by atoms with Crippen molar-refractivity contribution < 1.29 is 27.2 Å². The SMILES string of the molecule is CCOC(=O)C1=C(CN(Cc2ccco2)[C@@H]2CCS(=O)(=O)C2)NC(=O)N[C@H]1c1ccccc1. The number of carbonyl (C=O) groups excluding carboxylic acids is 2. The highest BCUT2D eigenvalue weighted by molar-refractivity contribution is 7.91. The third kappa shape index (κ3) is 5.45. The molecule has 3 heterocycles. The number of amides is 2. The monoisotopic (exact) mass is 473 g/mol. The van der Waals surface area contributed by atoms with Gasteiger partial charge in [-0.15, -0.1) is 0 Å². The fourth-order valence-corrected chi connectivity index (χ4v) is 6.03. The van der Waals surface area contributed by atoms with Crippen molar-refractivity contribution in [1.82, 2.24) is 15.5 Å². The number of nitrogens with zero attached hydrogens (tertiary/aromatic N) is 1. The van der Waals surface area contributed by atoms with Crippen molar-refractivity contribution in [2.24, 2.45) is 0 Å². The molecule has 1 fully saturated rings. The largest absolute Gasteiger partial charge is 0.468 e. The first-order chi connectivity index (χ1) is 15.9. The molecule has 0 unspecified atom stereocenters. The van der Waals surface area contributed by atoms with Crippen molar-refractivity contribution in [1.29, 1.82) is 0 Å². The van der Waals surface area contributed by atoms with E-state index in [1.54, 1.807) is 19.3 Å². The molecular weight excluding hydrogens is 446 g/mol. The van der Waals surface area contributed by atoms with E-state index in [0.717, 1.165) is 5.56 Å². The summed E-state index contributed by atoms with van der Waals surface area (Å²) in [6.45, 7) is 2.40. The molecule has 0 saturated carbocycles. The highest BCUT2D eigenvalue weighted by Gasteiger charge is 2.37. The van der Waals surface area contributed by atoms with Gasteiger partial charge in [0.25, 0.3) is 0 Å². The van der Waals surface area contributed by atoms with E-state index in [1.165, 1.54) is 0 Å². The van der Waals surface area contributed by atoms with E-state index in [1.807, 2.05) is 41.3 Å². The Bertz CT molecular complexity index is 1130. The number of esters is 1. The second kappa shape index (κ2) is 9.80. The first-order valence-electron chi connectivity index (χ1n) is 10.9. The molecule has 1 aromatic carbocycles. The number of sulfone groups is 1. The van der Waals surface area contributed by atoms with Crippen molar-refractivity contribution in [3.8, 4) is 0 Å². The first kappa shape index (κ1) is 23.1. The van der Waals surface area contributed by atoms with Gasteiger partial charge in [-0.1, -0.05) is 30.3 Å². The van der Waals surface area contributed by atoms with E-state index in [0.29, 0.717) is 30.0 Å². The summed E-state index contributed by atoms with van der Waals surface area (Å²) in [7, 11) is -3.14. The Labute approximate surface area is 192 Å². The van der Waals surface area contributed by atoms with Crippen LogP contribution in [0, 0.1) is 0 Å². The van der Waals surface area contributed by atoms with Crippen LogP contribution in [0.25, 0.3) is 0 Å². The van der Waals surface area contributed by atoms with Crippen molar-refractivity contribution >= 4 is 21.8 Å². The number of hydrogen-bond donors (Lipinski definition) is 2. The molecular formula is C23H27N3O6S. The number of hydrogen-bond acceptors (Lipinski definition) is 7. The summed E-state index contributed by atoms with van der Waals surface area (Å²) in [6, 6.07) is 11.4. The molecule has 1 saturated heterocycles. The Hall–Kier alpha value is -3.11. The van der Waals surface area contributed by atoms with Gasteiger partial charge in [-0.2, -0.15) is 0 Å². The quantitative estimate of drug-likeness (QED) is 0.564. The molecule has 0 spiro atoms. The molecule has 0 aliphatic carbocycles. The molecule has 176 valence electrons. The minimum Gasteiger partial charge on any atom is -0.468 e. The van der Waals surface area contributed by atoms with Crippen LogP contribution < -0.4 is 10.6 Å². The number of nitrogens with one attached hydrogen (secondary N) is 2. The van der Waals surface area contributed by atoms with E-state index in [-0.39, 0.29) is 30.7 Å². The van der Waals surface area contributed by atoms with Gasteiger partial charge >= 0.3 is 12.0 Å². The van der Waals surface area contributed by atoms with E-state index in [2.05, 4.69) is 10.6 Å². The molecule has 10 heteroatoms. The Morgan fingerprint density at radius 2 is 1.97 bits per heavy atom. The van der Waals surface area contributed by atoms with Crippen LogP contribution in [0.1, 0.15) is 30.7 Å². The summed E-state index contributed by atoms with van der Waals surface area (Å²) >= 11 is 0. The second-order valence-electron chi connectivity index (χ2n) is 8.10. The lowest BCUT2D eigenvalue weighted by Gasteiger charge is -2.34. The molecule has 33 heavy (non-hydrogen) atoms. The molecule has 0 bridgehead atoms. The summed E-state index contributed by atoms with van der Waals surface area (Å²) in [6.07, 6.45) is 2.03. The maximum atomic E-state index is 13.0. The maximum absolute atomic E-state index is 13.0. The van der Waals surface area contributed by atoms with Gasteiger partial charge in [-0.3, -0.25) is 4.90 Å². The zero-order chi connectivity index (χ0) is 23.4. The summed E-state index contributed by atoms with van der Waals surface area (Å²) in [4.78, 5) is 27.5. The number of benzene rings is 1. The van der Waals surface area contributed by atoms with Crippen molar-refractivity contribution in [2.45, 2.75) is 32.0 Å². The first-order valence-corrected chi connectivity index (χ1v) is 12.7. The topological polar surface area (TPSA) is 118 Å². The van der Waals surface area contributed by atoms with E-state index in [9.17, 15) is 18.0 Å². The van der Waals surface area contributed by atoms with Crippen LogP contribution in [-0.2, 0) is 25.9 Å². The zero-order valence-corrected chi connectivity index (χ0v) is 19.1. The van der Waals surface area contributed by atoms with Crippen LogP contribution in [0.4, 0.5) is 4.79 Å². The van der Waals surface area contributed by atoms with Crippen LogP contribution >= 0.6 is 0 Å². The van der Waals surface area contributed by atoms with Gasteiger partial charge in [0, 0.05) is 18.3 Å². The van der Waals surface area contributed by atoms with E-state index < -0.39 is 27.9 Å². The Kier molecular flexibility index (Phi) is 6.85. The number of ether oxygens (including phenoxy) is 1.